The van der Waals surface area contributed by atoms with Gasteiger partial charge in [0.05, 0.1) is 6.10 Å². The molecule has 0 radical (unpaired) electrons. The van der Waals surface area contributed by atoms with Crippen LogP contribution in [0.3, 0.4) is 0 Å². The summed E-state index contributed by atoms with van der Waals surface area (Å²) >= 11 is 0. The van der Waals surface area contributed by atoms with Crippen LogP contribution in [0.1, 0.15) is 39.0 Å². The van der Waals surface area contributed by atoms with E-state index in [4.69, 9.17) is 4.74 Å². The summed E-state index contributed by atoms with van der Waals surface area (Å²) in [6, 6.07) is 21.8. The van der Waals surface area contributed by atoms with Crippen molar-refractivity contribution in [3.05, 3.63) is 93.3 Å². The van der Waals surface area contributed by atoms with Crippen molar-refractivity contribution < 1.29 is 9.53 Å². The number of hydrogen-bond acceptors (Lipinski definition) is 4. The molecule has 2 aromatic carbocycles. The van der Waals surface area contributed by atoms with Crippen molar-refractivity contribution in [2.75, 3.05) is 0 Å². The van der Waals surface area contributed by atoms with E-state index >= 15 is 0 Å². The lowest BCUT2D eigenvalue weighted by Crippen LogP contribution is -2.65. The minimum Gasteiger partial charge on any atom is -0.354 e. The molecule has 6 nitrogen and oxygen atoms in total. The first-order valence-electron chi connectivity index (χ1n) is 11.7. The van der Waals surface area contributed by atoms with Crippen LogP contribution >= 0.6 is 0 Å². The molecule has 1 aliphatic heterocycles. The minimum absolute atomic E-state index is 0.0734. The van der Waals surface area contributed by atoms with E-state index in [0.29, 0.717) is 18.0 Å². The molecule has 178 valence electrons. The SMILES string of the molecule is Cc1cn([C@H]2C[C@H](C=O)[C@@H](C[Si](c3ccccc3)(c3ccccc3)C(C)(C)C)O2)c(=O)[nH]c1=O. The van der Waals surface area contributed by atoms with Crippen LogP contribution < -0.4 is 21.6 Å². The van der Waals surface area contributed by atoms with Gasteiger partial charge in [0, 0.05) is 24.1 Å². The number of aromatic nitrogens is 2. The zero-order valence-corrected chi connectivity index (χ0v) is 21.2. The number of aryl methyl sites for hydroxylation is 1. The lowest BCUT2D eigenvalue weighted by atomic mass is 10.0. The van der Waals surface area contributed by atoms with Crippen LogP contribution in [0.5, 0.6) is 0 Å². The summed E-state index contributed by atoms with van der Waals surface area (Å²) < 4.78 is 7.88. The number of rotatable bonds is 6. The Morgan fingerprint density at radius 2 is 1.59 bits per heavy atom. The molecule has 4 rings (SSSR count). The van der Waals surface area contributed by atoms with E-state index in [2.05, 4.69) is 74.3 Å². The van der Waals surface area contributed by atoms with E-state index in [1.807, 2.05) is 12.1 Å². The molecule has 0 amide bonds. The monoisotopic (exact) mass is 476 g/mol. The molecule has 2 heterocycles. The Labute approximate surface area is 200 Å². The van der Waals surface area contributed by atoms with Gasteiger partial charge in [0.15, 0.2) is 0 Å². The summed E-state index contributed by atoms with van der Waals surface area (Å²) in [7, 11) is -2.47. The Kier molecular flexibility index (Phi) is 6.60. The number of ether oxygens (including phenoxy) is 1. The number of aromatic amines is 1. The van der Waals surface area contributed by atoms with Gasteiger partial charge in [0.2, 0.25) is 0 Å². The van der Waals surface area contributed by atoms with Gasteiger partial charge in [-0.05, 0) is 18.0 Å². The molecule has 1 fully saturated rings. The first-order valence-corrected chi connectivity index (χ1v) is 13.9. The molecule has 0 saturated carbocycles. The average molecular weight is 477 g/mol. The summed E-state index contributed by atoms with van der Waals surface area (Å²) in [6.07, 6.45) is 1.96. The smallest absolute Gasteiger partial charge is 0.330 e. The molecule has 1 N–H and O–H groups in total. The Hall–Kier alpha value is -3.03. The van der Waals surface area contributed by atoms with Gasteiger partial charge in [-0.25, -0.2) is 4.79 Å². The molecule has 0 aliphatic carbocycles. The van der Waals surface area contributed by atoms with Crippen LogP contribution in [0.15, 0.2) is 76.4 Å². The maximum atomic E-state index is 12.5. The van der Waals surface area contributed by atoms with Gasteiger partial charge in [0.1, 0.15) is 20.6 Å². The molecular formula is C27H32N2O4Si. The van der Waals surface area contributed by atoms with Gasteiger partial charge >= 0.3 is 5.69 Å². The van der Waals surface area contributed by atoms with Crippen LogP contribution in [-0.2, 0) is 9.53 Å². The lowest BCUT2D eigenvalue weighted by molar-refractivity contribution is -0.112. The van der Waals surface area contributed by atoms with Crippen LogP contribution in [0, 0.1) is 12.8 Å². The van der Waals surface area contributed by atoms with E-state index in [-0.39, 0.29) is 17.1 Å². The standard InChI is InChI=1S/C27H32N2O4Si/c1-19-16-29(26(32)28-25(19)31)24-15-20(17-30)23(33-24)18-34(27(2,3)4,21-11-7-5-8-12-21)22-13-9-6-10-14-22/h5-14,16-17,20,23-24H,15,18H2,1-4H3,(H,28,31,32)/t20-,23-,24-/m1/s1. The van der Waals surface area contributed by atoms with Crippen molar-refractivity contribution in [1.82, 2.24) is 9.55 Å². The highest BCUT2D eigenvalue weighted by Crippen LogP contribution is 2.44. The zero-order chi connectivity index (χ0) is 24.5. The number of carbonyl (C=O) groups excluding carboxylic acids is 1. The van der Waals surface area contributed by atoms with Crippen LogP contribution in [-0.4, -0.2) is 30.0 Å². The van der Waals surface area contributed by atoms with E-state index in [1.165, 1.54) is 21.1 Å². The largest absolute Gasteiger partial charge is 0.354 e. The Bertz CT molecular complexity index is 1220. The number of aldehydes is 1. The van der Waals surface area contributed by atoms with Crippen molar-refractivity contribution in [3.63, 3.8) is 0 Å². The van der Waals surface area contributed by atoms with Crippen LogP contribution in [0.25, 0.3) is 0 Å². The Balaban J connectivity index is 1.80. The predicted molar refractivity (Wildman–Crippen MR) is 137 cm³/mol. The van der Waals surface area contributed by atoms with Gasteiger partial charge in [-0.1, -0.05) is 91.8 Å². The molecule has 0 unspecified atom stereocenters. The summed E-state index contributed by atoms with van der Waals surface area (Å²) in [5, 5.41) is 2.51. The fourth-order valence-electron chi connectivity index (χ4n) is 5.39. The third kappa shape index (κ3) is 4.26. The zero-order valence-electron chi connectivity index (χ0n) is 20.2. The second kappa shape index (κ2) is 9.31. The van der Waals surface area contributed by atoms with Crippen LogP contribution in [0.2, 0.25) is 11.1 Å². The molecule has 0 spiro atoms. The van der Waals surface area contributed by atoms with Gasteiger partial charge in [0.25, 0.3) is 5.56 Å². The molecule has 1 aromatic heterocycles. The lowest BCUT2D eigenvalue weighted by Gasteiger charge is -2.46. The molecule has 1 aliphatic rings. The normalized spacial score (nSPS) is 20.9. The molecule has 3 aromatic rings. The number of benzene rings is 2. The van der Waals surface area contributed by atoms with Crippen molar-refractivity contribution in [1.29, 1.82) is 0 Å². The number of hydrogen-bond donors (Lipinski definition) is 1. The maximum absolute atomic E-state index is 12.5. The maximum Gasteiger partial charge on any atom is 0.330 e. The van der Waals surface area contributed by atoms with E-state index < -0.39 is 25.6 Å². The van der Waals surface area contributed by atoms with Gasteiger partial charge in [-0.15, -0.1) is 0 Å². The van der Waals surface area contributed by atoms with Gasteiger partial charge in [-0.2, -0.15) is 0 Å². The first kappa shape index (κ1) is 24.1. The quantitative estimate of drug-likeness (QED) is 0.438. The molecule has 0 bridgehead atoms. The third-order valence-corrected chi connectivity index (χ3v) is 13.4. The number of nitrogens with one attached hydrogen (secondary N) is 1. The van der Waals surface area contributed by atoms with E-state index in [0.717, 1.165) is 6.29 Å². The highest BCUT2D eigenvalue weighted by atomic mass is 28.3. The predicted octanol–water partition coefficient (Wildman–Crippen LogP) is 3.01. The van der Waals surface area contributed by atoms with Gasteiger partial charge < -0.3 is 9.53 Å². The topological polar surface area (TPSA) is 81.2 Å². The molecule has 1 saturated heterocycles. The number of H-pyrrole nitrogens is 1. The van der Waals surface area contributed by atoms with Crippen LogP contribution in [0.4, 0.5) is 0 Å². The Morgan fingerprint density at radius 3 is 2.09 bits per heavy atom. The van der Waals surface area contributed by atoms with Crippen molar-refractivity contribution in [2.24, 2.45) is 5.92 Å². The van der Waals surface area contributed by atoms with E-state index in [1.54, 1.807) is 6.92 Å². The summed E-state index contributed by atoms with van der Waals surface area (Å²) in [5.41, 5.74) is -0.493. The fourth-order valence-corrected chi connectivity index (χ4v) is 11.1. The highest BCUT2D eigenvalue weighted by Gasteiger charge is 2.51. The van der Waals surface area contributed by atoms with Crippen molar-refractivity contribution in [2.45, 2.75) is 57.5 Å². The highest BCUT2D eigenvalue weighted by molar-refractivity contribution is 7.04. The number of nitrogens with zero attached hydrogens (tertiary/aromatic N) is 1. The third-order valence-electron chi connectivity index (χ3n) is 7.24. The molecule has 34 heavy (non-hydrogen) atoms. The molecule has 3 atom stereocenters. The Morgan fingerprint density at radius 1 is 1.03 bits per heavy atom. The molecular weight excluding hydrogens is 444 g/mol. The second-order valence-corrected chi connectivity index (χ2v) is 15.1. The van der Waals surface area contributed by atoms with E-state index in [9.17, 15) is 14.4 Å². The average Bonchev–Trinajstić information content (AvgIpc) is 3.22. The minimum atomic E-state index is -2.47. The van der Waals surface area contributed by atoms with Gasteiger partial charge in [-0.3, -0.25) is 14.3 Å². The first-order chi connectivity index (χ1) is 16.2. The summed E-state index contributed by atoms with van der Waals surface area (Å²) in [4.78, 5) is 38.9. The molecule has 7 heteroatoms. The van der Waals surface area contributed by atoms with Crippen molar-refractivity contribution >= 4 is 24.7 Å². The fraction of sp³-hybridized carbons (Fsp3) is 0.370. The summed E-state index contributed by atoms with van der Waals surface area (Å²) in [6.45, 7) is 8.48. The van der Waals surface area contributed by atoms with Crippen molar-refractivity contribution in [3.8, 4) is 0 Å². The second-order valence-electron chi connectivity index (χ2n) is 10.2. The summed E-state index contributed by atoms with van der Waals surface area (Å²) in [5.74, 6) is -0.342. The number of carbonyl (C=O) groups is 1.